The fourth-order valence-electron chi connectivity index (χ4n) is 2.06. The van der Waals surface area contributed by atoms with Gasteiger partial charge in [0, 0.05) is 0 Å². The summed E-state index contributed by atoms with van der Waals surface area (Å²) in [5.74, 6) is -0.630. The molecule has 1 atom stereocenters. The summed E-state index contributed by atoms with van der Waals surface area (Å²) in [5.41, 5.74) is 1.48. The SMILES string of the molecule is CCOC(=O)[C@H](NS(=O)(=O)c1ccc(C)cc1)c1ccccc1. The molecule has 23 heavy (non-hydrogen) atoms. The molecule has 5 nitrogen and oxygen atoms in total. The molecule has 0 spiro atoms. The first-order chi connectivity index (χ1) is 10.9. The number of sulfonamides is 1. The van der Waals surface area contributed by atoms with Crippen molar-refractivity contribution in [1.82, 2.24) is 4.72 Å². The minimum atomic E-state index is -3.84. The summed E-state index contributed by atoms with van der Waals surface area (Å²) in [6.45, 7) is 3.72. The fraction of sp³-hybridized carbons (Fsp3) is 0.235. The van der Waals surface area contributed by atoms with Gasteiger partial charge in [0.1, 0.15) is 6.04 Å². The summed E-state index contributed by atoms with van der Waals surface area (Å²) in [4.78, 5) is 12.3. The second-order valence-corrected chi connectivity index (χ2v) is 6.74. The van der Waals surface area contributed by atoms with E-state index in [1.807, 2.05) is 6.92 Å². The molecular formula is C17H19NO4S. The Morgan fingerprint density at radius 3 is 2.26 bits per heavy atom. The fourth-order valence-corrected chi connectivity index (χ4v) is 3.24. The lowest BCUT2D eigenvalue weighted by atomic mass is 10.1. The van der Waals surface area contributed by atoms with Gasteiger partial charge in [0.15, 0.2) is 0 Å². The number of hydrogen-bond acceptors (Lipinski definition) is 4. The van der Waals surface area contributed by atoms with Crippen molar-refractivity contribution >= 4 is 16.0 Å². The van der Waals surface area contributed by atoms with Gasteiger partial charge in [-0.15, -0.1) is 0 Å². The summed E-state index contributed by atoms with van der Waals surface area (Å²) in [7, 11) is -3.84. The number of rotatable bonds is 6. The molecule has 2 aromatic carbocycles. The van der Waals surface area contributed by atoms with Gasteiger partial charge in [-0.2, -0.15) is 4.72 Å². The lowest BCUT2D eigenvalue weighted by molar-refractivity contribution is -0.145. The van der Waals surface area contributed by atoms with E-state index in [1.54, 1.807) is 49.4 Å². The Hall–Kier alpha value is -2.18. The maximum atomic E-state index is 12.5. The largest absolute Gasteiger partial charge is 0.465 e. The van der Waals surface area contributed by atoms with Gasteiger partial charge in [0.2, 0.25) is 10.0 Å². The molecule has 0 aromatic heterocycles. The molecule has 1 N–H and O–H groups in total. The van der Waals surface area contributed by atoms with Crippen LogP contribution in [-0.2, 0) is 19.6 Å². The highest BCUT2D eigenvalue weighted by Gasteiger charge is 2.28. The Morgan fingerprint density at radius 1 is 1.09 bits per heavy atom. The van der Waals surface area contributed by atoms with Crippen molar-refractivity contribution in [2.75, 3.05) is 6.61 Å². The highest BCUT2D eigenvalue weighted by molar-refractivity contribution is 7.89. The number of aryl methyl sites for hydroxylation is 1. The summed E-state index contributed by atoms with van der Waals surface area (Å²) in [6.07, 6.45) is 0. The van der Waals surface area contributed by atoms with Crippen LogP contribution in [0.25, 0.3) is 0 Å². The predicted octanol–water partition coefficient (Wildman–Crippen LogP) is 2.58. The van der Waals surface area contributed by atoms with Crippen molar-refractivity contribution in [3.05, 3.63) is 65.7 Å². The Balaban J connectivity index is 2.33. The summed E-state index contributed by atoms with van der Waals surface area (Å²) in [5, 5.41) is 0. The van der Waals surface area contributed by atoms with E-state index in [1.165, 1.54) is 12.1 Å². The number of carbonyl (C=O) groups is 1. The Kier molecular flexibility index (Phi) is 5.52. The van der Waals surface area contributed by atoms with Crippen LogP contribution < -0.4 is 4.72 Å². The molecule has 0 aliphatic rings. The molecule has 0 unspecified atom stereocenters. The first-order valence-corrected chi connectivity index (χ1v) is 8.73. The Labute approximate surface area is 136 Å². The summed E-state index contributed by atoms with van der Waals surface area (Å²) >= 11 is 0. The standard InChI is InChI=1S/C17H19NO4S/c1-3-22-17(19)16(14-7-5-4-6-8-14)18-23(20,21)15-11-9-13(2)10-12-15/h4-12,16,18H,3H2,1-2H3/t16-/m1/s1. The van der Waals surface area contributed by atoms with Crippen molar-refractivity contribution in [1.29, 1.82) is 0 Å². The second-order valence-electron chi connectivity index (χ2n) is 5.03. The van der Waals surface area contributed by atoms with E-state index >= 15 is 0 Å². The Morgan fingerprint density at radius 2 is 1.70 bits per heavy atom. The number of hydrogen-bond donors (Lipinski definition) is 1. The third-order valence-electron chi connectivity index (χ3n) is 3.26. The molecule has 0 radical (unpaired) electrons. The third-order valence-corrected chi connectivity index (χ3v) is 4.70. The van der Waals surface area contributed by atoms with Gasteiger partial charge in [-0.05, 0) is 31.5 Å². The van der Waals surface area contributed by atoms with Crippen molar-refractivity contribution < 1.29 is 17.9 Å². The number of ether oxygens (including phenoxy) is 1. The van der Waals surface area contributed by atoms with Crippen LogP contribution >= 0.6 is 0 Å². The van der Waals surface area contributed by atoms with E-state index in [0.29, 0.717) is 5.56 Å². The average Bonchev–Trinajstić information content (AvgIpc) is 2.54. The summed E-state index contributed by atoms with van der Waals surface area (Å²) in [6, 6.07) is 14.0. The maximum absolute atomic E-state index is 12.5. The molecule has 0 saturated carbocycles. The normalized spacial score (nSPS) is 12.6. The first kappa shape index (κ1) is 17.2. The molecule has 2 aromatic rings. The minimum absolute atomic E-state index is 0.105. The summed E-state index contributed by atoms with van der Waals surface area (Å²) < 4.78 is 32.5. The molecule has 122 valence electrons. The minimum Gasteiger partial charge on any atom is -0.465 e. The molecule has 0 aliphatic heterocycles. The van der Waals surface area contributed by atoms with Crippen LogP contribution in [0.3, 0.4) is 0 Å². The van der Waals surface area contributed by atoms with Crippen molar-refractivity contribution in [2.24, 2.45) is 0 Å². The number of esters is 1. The zero-order chi connectivity index (χ0) is 16.9. The molecule has 0 aliphatic carbocycles. The van der Waals surface area contributed by atoms with Crippen molar-refractivity contribution in [3.63, 3.8) is 0 Å². The van der Waals surface area contributed by atoms with Gasteiger partial charge in [0.25, 0.3) is 0 Å². The highest BCUT2D eigenvalue weighted by Crippen LogP contribution is 2.19. The number of nitrogens with one attached hydrogen (secondary N) is 1. The number of benzene rings is 2. The smallest absolute Gasteiger partial charge is 0.328 e. The van der Waals surface area contributed by atoms with Crippen molar-refractivity contribution in [2.45, 2.75) is 24.8 Å². The van der Waals surface area contributed by atoms with Gasteiger partial charge in [-0.25, -0.2) is 13.2 Å². The molecule has 0 fully saturated rings. The lowest BCUT2D eigenvalue weighted by Crippen LogP contribution is -2.35. The lowest BCUT2D eigenvalue weighted by Gasteiger charge is -2.18. The van der Waals surface area contributed by atoms with Gasteiger partial charge < -0.3 is 4.74 Å². The second kappa shape index (κ2) is 7.39. The van der Waals surface area contributed by atoms with Crippen LogP contribution in [0.5, 0.6) is 0 Å². The van der Waals surface area contributed by atoms with E-state index in [0.717, 1.165) is 5.56 Å². The average molecular weight is 333 g/mol. The molecule has 0 saturated heterocycles. The topological polar surface area (TPSA) is 72.5 Å². The molecule has 6 heteroatoms. The molecule has 2 rings (SSSR count). The van der Waals surface area contributed by atoms with Crippen molar-refractivity contribution in [3.8, 4) is 0 Å². The van der Waals surface area contributed by atoms with Gasteiger partial charge in [0.05, 0.1) is 11.5 Å². The van der Waals surface area contributed by atoms with E-state index in [-0.39, 0.29) is 11.5 Å². The van der Waals surface area contributed by atoms with E-state index in [2.05, 4.69) is 4.72 Å². The maximum Gasteiger partial charge on any atom is 0.328 e. The number of carbonyl (C=O) groups excluding carboxylic acids is 1. The van der Waals surface area contributed by atoms with E-state index in [4.69, 9.17) is 4.74 Å². The molecular weight excluding hydrogens is 314 g/mol. The zero-order valence-corrected chi connectivity index (χ0v) is 13.8. The van der Waals surface area contributed by atoms with Crippen LogP contribution in [0.2, 0.25) is 0 Å². The van der Waals surface area contributed by atoms with Crippen LogP contribution in [0.1, 0.15) is 24.1 Å². The monoisotopic (exact) mass is 333 g/mol. The third kappa shape index (κ3) is 4.40. The Bertz CT molecular complexity index is 755. The molecule has 0 amide bonds. The van der Waals surface area contributed by atoms with E-state index in [9.17, 15) is 13.2 Å². The molecule has 0 bridgehead atoms. The van der Waals surface area contributed by atoms with E-state index < -0.39 is 22.0 Å². The van der Waals surface area contributed by atoms with Crippen LogP contribution in [0, 0.1) is 6.92 Å². The van der Waals surface area contributed by atoms with Gasteiger partial charge in [-0.1, -0.05) is 48.0 Å². The quantitative estimate of drug-likeness (QED) is 0.825. The van der Waals surface area contributed by atoms with Crippen LogP contribution in [-0.4, -0.2) is 21.0 Å². The first-order valence-electron chi connectivity index (χ1n) is 7.24. The highest BCUT2D eigenvalue weighted by atomic mass is 32.2. The van der Waals surface area contributed by atoms with Gasteiger partial charge in [-0.3, -0.25) is 0 Å². The van der Waals surface area contributed by atoms with Crippen LogP contribution in [0.15, 0.2) is 59.5 Å². The molecule has 0 heterocycles. The predicted molar refractivity (Wildman–Crippen MR) is 87.3 cm³/mol. The van der Waals surface area contributed by atoms with Gasteiger partial charge >= 0.3 is 5.97 Å². The van der Waals surface area contributed by atoms with Crippen LogP contribution in [0.4, 0.5) is 0 Å². The zero-order valence-electron chi connectivity index (χ0n) is 13.0.